The normalized spacial score (nSPS) is 14.2. The molecule has 0 unspecified atom stereocenters. The summed E-state index contributed by atoms with van der Waals surface area (Å²) in [6.45, 7) is 4.24. The average Bonchev–Trinajstić information content (AvgIpc) is 3.54. The molecule has 4 rings (SSSR count). The summed E-state index contributed by atoms with van der Waals surface area (Å²) in [6, 6.07) is 8.14. The monoisotopic (exact) mass is 441 g/mol. The van der Waals surface area contributed by atoms with Crippen LogP contribution in [0.3, 0.4) is 0 Å². The Bertz CT molecular complexity index is 1250. The standard InChI is InChI=1S/C22H27N5O3S/c1-4-5-11-23-31(29,30)17-8-6-7-16(12-17)24-22(28)18-13-19(15-9-10-15)25-21-20(18)14(2)26-27(21)3/h6-8,12-13,15,23H,4-5,9-11H2,1-3H3,(H,24,28). The van der Waals surface area contributed by atoms with Crippen LogP contribution in [0.4, 0.5) is 5.69 Å². The molecule has 0 atom stereocenters. The Hall–Kier alpha value is -2.78. The number of amides is 1. The van der Waals surface area contributed by atoms with Gasteiger partial charge in [-0.05, 0) is 50.5 Å². The summed E-state index contributed by atoms with van der Waals surface area (Å²) in [5.41, 5.74) is 3.24. The molecule has 1 aliphatic rings. The fourth-order valence-electron chi connectivity index (χ4n) is 3.64. The smallest absolute Gasteiger partial charge is 0.256 e. The Balaban J connectivity index is 1.64. The van der Waals surface area contributed by atoms with Crippen LogP contribution in [0.1, 0.15) is 60.3 Å². The number of hydrogen-bond donors (Lipinski definition) is 2. The van der Waals surface area contributed by atoms with Gasteiger partial charge in [0.1, 0.15) is 0 Å². The Kier molecular flexibility index (Phi) is 5.81. The molecule has 0 bridgehead atoms. The summed E-state index contributed by atoms with van der Waals surface area (Å²) in [6.07, 6.45) is 3.81. The molecule has 1 saturated carbocycles. The number of unbranched alkanes of at least 4 members (excludes halogenated alkanes) is 1. The second-order valence-corrected chi connectivity index (χ2v) is 9.78. The molecule has 2 aromatic heterocycles. The van der Waals surface area contributed by atoms with Crippen LogP contribution in [-0.4, -0.2) is 35.6 Å². The van der Waals surface area contributed by atoms with Gasteiger partial charge in [-0.15, -0.1) is 0 Å². The van der Waals surface area contributed by atoms with Crippen molar-refractivity contribution in [3.05, 3.63) is 47.3 Å². The third-order valence-electron chi connectivity index (χ3n) is 5.45. The van der Waals surface area contributed by atoms with E-state index in [2.05, 4.69) is 15.1 Å². The maximum absolute atomic E-state index is 13.2. The summed E-state index contributed by atoms with van der Waals surface area (Å²) < 4.78 is 29.3. The van der Waals surface area contributed by atoms with Crippen molar-refractivity contribution in [1.82, 2.24) is 19.5 Å². The highest BCUT2D eigenvalue weighted by molar-refractivity contribution is 7.89. The van der Waals surface area contributed by atoms with E-state index in [1.54, 1.807) is 16.8 Å². The number of carbonyl (C=O) groups is 1. The number of rotatable bonds is 8. The SMILES string of the molecule is CCCCNS(=O)(=O)c1cccc(NC(=O)c2cc(C3CC3)nc3c2c(C)nn3C)c1. The van der Waals surface area contributed by atoms with E-state index >= 15 is 0 Å². The summed E-state index contributed by atoms with van der Waals surface area (Å²) in [4.78, 5) is 18.1. The number of carbonyl (C=O) groups excluding carboxylic acids is 1. The minimum Gasteiger partial charge on any atom is -0.322 e. The lowest BCUT2D eigenvalue weighted by Crippen LogP contribution is -2.24. The van der Waals surface area contributed by atoms with E-state index in [4.69, 9.17) is 4.98 Å². The van der Waals surface area contributed by atoms with Gasteiger partial charge >= 0.3 is 0 Å². The zero-order chi connectivity index (χ0) is 22.2. The first kappa shape index (κ1) is 21.5. The van der Waals surface area contributed by atoms with Crippen LogP contribution in [0.2, 0.25) is 0 Å². The number of pyridine rings is 1. The Morgan fingerprint density at radius 2 is 2.03 bits per heavy atom. The zero-order valence-corrected chi connectivity index (χ0v) is 18.8. The average molecular weight is 442 g/mol. The van der Waals surface area contributed by atoms with Crippen molar-refractivity contribution in [3.63, 3.8) is 0 Å². The van der Waals surface area contributed by atoms with Crippen LogP contribution < -0.4 is 10.0 Å². The molecule has 1 fully saturated rings. The number of benzene rings is 1. The molecule has 1 aromatic carbocycles. The molecule has 0 aliphatic heterocycles. The molecule has 2 N–H and O–H groups in total. The van der Waals surface area contributed by atoms with E-state index in [0.717, 1.165) is 42.5 Å². The van der Waals surface area contributed by atoms with Crippen molar-refractivity contribution < 1.29 is 13.2 Å². The number of sulfonamides is 1. The molecule has 8 nitrogen and oxygen atoms in total. The first-order chi connectivity index (χ1) is 14.8. The van der Waals surface area contributed by atoms with Crippen molar-refractivity contribution in [2.45, 2.75) is 50.3 Å². The number of aromatic nitrogens is 3. The zero-order valence-electron chi connectivity index (χ0n) is 18.0. The van der Waals surface area contributed by atoms with Gasteiger partial charge in [0.2, 0.25) is 10.0 Å². The first-order valence-electron chi connectivity index (χ1n) is 10.6. The topological polar surface area (TPSA) is 106 Å². The lowest BCUT2D eigenvalue weighted by atomic mass is 10.1. The van der Waals surface area contributed by atoms with Gasteiger partial charge in [0.05, 0.1) is 21.5 Å². The van der Waals surface area contributed by atoms with Crippen LogP contribution in [0, 0.1) is 6.92 Å². The molecule has 1 amide bonds. The Morgan fingerprint density at radius 3 is 2.74 bits per heavy atom. The van der Waals surface area contributed by atoms with Crippen molar-refractivity contribution in [3.8, 4) is 0 Å². The van der Waals surface area contributed by atoms with Crippen LogP contribution in [-0.2, 0) is 17.1 Å². The lowest BCUT2D eigenvalue weighted by molar-refractivity contribution is 0.102. The quantitative estimate of drug-likeness (QED) is 0.521. The largest absolute Gasteiger partial charge is 0.322 e. The third-order valence-corrected chi connectivity index (χ3v) is 6.91. The molecule has 0 spiro atoms. The van der Waals surface area contributed by atoms with E-state index < -0.39 is 10.0 Å². The Morgan fingerprint density at radius 1 is 1.26 bits per heavy atom. The highest BCUT2D eigenvalue weighted by atomic mass is 32.2. The second kappa shape index (κ2) is 8.39. The maximum atomic E-state index is 13.2. The van der Waals surface area contributed by atoms with Crippen LogP contribution in [0.5, 0.6) is 0 Å². The molecule has 0 saturated heterocycles. The molecule has 9 heteroatoms. The van der Waals surface area contributed by atoms with Gasteiger partial charge in [0, 0.05) is 30.9 Å². The highest BCUT2D eigenvalue weighted by Gasteiger charge is 2.28. The molecular weight excluding hydrogens is 414 g/mol. The van der Waals surface area contributed by atoms with E-state index in [0.29, 0.717) is 29.4 Å². The van der Waals surface area contributed by atoms with E-state index in [-0.39, 0.29) is 10.8 Å². The molecule has 164 valence electrons. The number of fused-ring (bicyclic) bond motifs is 1. The molecule has 2 heterocycles. The van der Waals surface area contributed by atoms with Crippen LogP contribution in [0.15, 0.2) is 35.2 Å². The summed E-state index contributed by atoms with van der Waals surface area (Å²) >= 11 is 0. The van der Waals surface area contributed by atoms with Crippen molar-refractivity contribution >= 4 is 32.7 Å². The van der Waals surface area contributed by atoms with Crippen molar-refractivity contribution in [2.75, 3.05) is 11.9 Å². The first-order valence-corrected chi connectivity index (χ1v) is 12.0. The van der Waals surface area contributed by atoms with Crippen molar-refractivity contribution in [1.29, 1.82) is 0 Å². The van der Waals surface area contributed by atoms with E-state index in [1.807, 2.05) is 27.0 Å². The number of aryl methyl sites for hydroxylation is 2. The minimum atomic E-state index is -3.63. The summed E-state index contributed by atoms with van der Waals surface area (Å²) in [5, 5.41) is 8.00. The molecule has 31 heavy (non-hydrogen) atoms. The number of nitrogens with one attached hydrogen (secondary N) is 2. The maximum Gasteiger partial charge on any atom is 0.256 e. The van der Waals surface area contributed by atoms with E-state index in [1.165, 1.54) is 12.1 Å². The minimum absolute atomic E-state index is 0.123. The van der Waals surface area contributed by atoms with Crippen LogP contribution in [0.25, 0.3) is 11.0 Å². The molecule has 3 aromatic rings. The predicted molar refractivity (Wildman–Crippen MR) is 120 cm³/mol. The third kappa shape index (κ3) is 4.47. The molecular formula is C22H27N5O3S. The van der Waals surface area contributed by atoms with Crippen molar-refractivity contribution in [2.24, 2.45) is 7.05 Å². The van der Waals surface area contributed by atoms with Gasteiger partial charge in [0.25, 0.3) is 5.91 Å². The predicted octanol–water partition coefficient (Wildman–Crippen LogP) is 3.48. The van der Waals surface area contributed by atoms with Gasteiger partial charge in [0.15, 0.2) is 5.65 Å². The fourth-order valence-corrected chi connectivity index (χ4v) is 4.76. The Labute approximate surface area is 182 Å². The van der Waals surface area contributed by atoms with Gasteiger partial charge in [-0.2, -0.15) is 5.10 Å². The lowest BCUT2D eigenvalue weighted by Gasteiger charge is -2.11. The highest BCUT2D eigenvalue weighted by Crippen LogP contribution is 2.40. The van der Waals surface area contributed by atoms with Gasteiger partial charge in [-0.25, -0.2) is 18.1 Å². The van der Waals surface area contributed by atoms with Gasteiger partial charge in [-0.1, -0.05) is 19.4 Å². The molecule has 1 aliphatic carbocycles. The van der Waals surface area contributed by atoms with Gasteiger partial charge in [-0.3, -0.25) is 9.48 Å². The van der Waals surface area contributed by atoms with E-state index in [9.17, 15) is 13.2 Å². The number of hydrogen-bond acceptors (Lipinski definition) is 5. The van der Waals surface area contributed by atoms with Gasteiger partial charge < -0.3 is 5.32 Å². The number of nitrogens with zero attached hydrogens (tertiary/aromatic N) is 3. The van der Waals surface area contributed by atoms with Crippen LogP contribution >= 0.6 is 0 Å². The fraction of sp³-hybridized carbons (Fsp3) is 0.409. The number of anilines is 1. The summed E-state index contributed by atoms with van der Waals surface area (Å²) in [7, 11) is -1.81. The molecule has 0 radical (unpaired) electrons. The second-order valence-electron chi connectivity index (χ2n) is 8.01. The summed E-state index contributed by atoms with van der Waals surface area (Å²) in [5.74, 6) is 0.0766.